The molecule has 0 aliphatic rings. The Morgan fingerprint density at radius 3 is 2.39 bits per heavy atom. The van der Waals surface area contributed by atoms with Crippen molar-refractivity contribution in [1.82, 2.24) is 0 Å². The zero-order valence-electron chi connectivity index (χ0n) is 11.0. The van der Waals surface area contributed by atoms with Gasteiger partial charge in [0.15, 0.2) is 0 Å². The lowest BCUT2D eigenvalue weighted by molar-refractivity contribution is 0.196. The number of hydrogen-bond acceptors (Lipinski definition) is 2. The molecule has 0 aliphatic heterocycles. The van der Waals surface area contributed by atoms with Gasteiger partial charge in [-0.25, -0.2) is 0 Å². The summed E-state index contributed by atoms with van der Waals surface area (Å²) in [5.41, 5.74) is 3.54. The lowest BCUT2D eigenvalue weighted by atomic mass is 10.1. The van der Waals surface area contributed by atoms with Crippen LogP contribution in [-0.4, -0.2) is 5.11 Å². The first kappa shape index (κ1) is 13.2. The van der Waals surface area contributed by atoms with Crippen LogP contribution in [0.15, 0.2) is 52.3 Å². The van der Waals surface area contributed by atoms with Crippen LogP contribution in [0.2, 0.25) is 0 Å². The van der Waals surface area contributed by atoms with Crippen molar-refractivity contribution in [3.8, 4) is 0 Å². The van der Waals surface area contributed by atoms with Gasteiger partial charge in [0.1, 0.15) is 0 Å². The number of hydrogen-bond donors (Lipinski definition) is 1. The van der Waals surface area contributed by atoms with Crippen LogP contribution in [0.25, 0.3) is 0 Å². The molecule has 0 saturated carbocycles. The minimum Gasteiger partial charge on any atom is -0.389 e. The lowest BCUT2D eigenvalue weighted by Crippen LogP contribution is -1.93. The Kier molecular flexibility index (Phi) is 4.10. The molecular formula is C16H18OS. The molecule has 0 heterocycles. The first-order valence-electron chi connectivity index (χ1n) is 6.10. The van der Waals surface area contributed by atoms with E-state index in [0.29, 0.717) is 0 Å². The summed E-state index contributed by atoms with van der Waals surface area (Å²) in [4.78, 5) is 2.37. The Labute approximate surface area is 113 Å². The summed E-state index contributed by atoms with van der Waals surface area (Å²) in [7, 11) is 0. The van der Waals surface area contributed by atoms with Gasteiger partial charge in [-0.2, -0.15) is 0 Å². The third kappa shape index (κ3) is 2.95. The van der Waals surface area contributed by atoms with E-state index in [0.717, 1.165) is 10.5 Å². The molecule has 0 aliphatic carbocycles. The number of benzene rings is 2. The minimum absolute atomic E-state index is 0.431. The number of aryl methyl sites for hydroxylation is 2. The molecule has 0 spiro atoms. The predicted octanol–water partition coefficient (Wildman–Crippen LogP) is 4.51. The molecule has 18 heavy (non-hydrogen) atoms. The van der Waals surface area contributed by atoms with Crippen molar-refractivity contribution in [3.63, 3.8) is 0 Å². The molecule has 0 radical (unpaired) electrons. The maximum Gasteiger partial charge on any atom is 0.0772 e. The van der Waals surface area contributed by atoms with E-state index in [9.17, 15) is 5.11 Å². The van der Waals surface area contributed by atoms with E-state index in [1.165, 1.54) is 16.0 Å². The predicted molar refractivity (Wildman–Crippen MR) is 77.1 cm³/mol. The normalized spacial score (nSPS) is 12.4. The molecule has 1 atom stereocenters. The first-order valence-corrected chi connectivity index (χ1v) is 6.91. The van der Waals surface area contributed by atoms with Crippen molar-refractivity contribution in [2.75, 3.05) is 0 Å². The van der Waals surface area contributed by atoms with E-state index in [1.54, 1.807) is 18.7 Å². The van der Waals surface area contributed by atoms with Gasteiger partial charge < -0.3 is 5.11 Å². The molecule has 0 amide bonds. The Morgan fingerprint density at radius 1 is 1.00 bits per heavy atom. The van der Waals surface area contributed by atoms with E-state index in [4.69, 9.17) is 0 Å². The highest BCUT2D eigenvalue weighted by Crippen LogP contribution is 2.35. The summed E-state index contributed by atoms with van der Waals surface area (Å²) in [6.45, 7) is 6.03. The summed E-state index contributed by atoms with van der Waals surface area (Å²) < 4.78 is 0. The molecule has 94 valence electrons. The fourth-order valence-corrected chi connectivity index (χ4v) is 3.05. The molecule has 0 bridgehead atoms. The molecule has 0 aromatic heterocycles. The zero-order chi connectivity index (χ0) is 13.1. The Morgan fingerprint density at radius 2 is 1.72 bits per heavy atom. The van der Waals surface area contributed by atoms with Crippen molar-refractivity contribution in [3.05, 3.63) is 59.2 Å². The van der Waals surface area contributed by atoms with Gasteiger partial charge in [-0.3, -0.25) is 0 Å². The van der Waals surface area contributed by atoms with E-state index in [-0.39, 0.29) is 0 Å². The standard InChI is InChI=1S/C16H18OS/c1-11-8-9-15(12(2)10-11)18-16-7-5-4-6-14(16)13(3)17/h4-10,13,17H,1-3H3. The molecule has 2 aromatic carbocycles. The Balaban J connectivity index is 2.34. The maximum atomic E-state index is 9.78. The van der Waals surface area contributed by atoms with Gasteiger partial charge in [0, 0.05) is 9.79 Å². The fraction of sp³-hybridized carbons (Fsp3) is 0.250. The quantitative estimate of drug-likeness (QED) is 0.874. The van der Waals surface area contributed by atoms with E-state index < -0.39 is 6.10 Å². The molecule has 0 saturated heterocycles. The topological polar surface area (TPSA) is 20.2 Å². The average Bonchev–Trinajstić information content (AvgIpc) is 2.33. The maximum absolute atomic E-state index is 9.78. The van der Waals surface area contributed by atoms with E-state index in [1.807, 2.05) is 18.2 Å². The van der Waals surface area contributed by atoms with Gasteiger partial charge in [0.05, 0.1) is 6.10 Å². The van der Waals surface area contributed by atoms with Crippen LogP contribution in [0.1, 0.15) is 29.7 Å². The summed E-state index contributed by atoms with van der Waals surface area (Å²) >= 11 is 1.72. The van der Waals surface area contributed by atoms with Crippen LogP contribution >= 0.6 is 11.8 Å². The minimum atomic E-state index is -0.431. The van der Waals surface area contributed by atoms with Crippen molar-refractivity contribution >= 4 is 11.8 Å². The van der Waals surface area contributed by atoms with Crippen molar-refractivity contribution < 1.29 is 5.11 Å². The van der Waals surface area contributed by atoms with Crippen LogP contribution in [0.4, 0.5) is 0 Å². The largest absolute Gasteiger partial charge is 0.389 e. The second-order valence-electron chi connectivity index (χ2n) is 4.58. The third-order valence-electron chi connectivity index (χ3n) is 2.92. The highest BCUT2D eigenvalue weighted by atomic mass is 32.2. The summed E-state index contributed by atoms with van der Waals surface area (Å²) in [6, 6.07) is 14.5. The Hall–Kier alpha value is -1.25. The van der Waals surface area contributed by atoms with Gasteiger partial charge in [-0.05, 0) is 44.0 Å². The van der Waals surface area contributed by atoms with Gasteiger partial charge in [0.2, 0.25) is 0 Å². The van der Waals surface area contributed by atoms with Crippen molar-refractivity contribution in [2.45, 2.75) is 36.7 Å². The van der Waals surface area contributed by atoms with Gasteiger partial charge in [-0.15, -0.1) is 0 Å². The smallest absolute Gasteiger partial charge is 0.0772 e. The highest BCUT2D eigenvalue weighted by molar-refractivity contribution is 7.99. The van der Waals surface area contributed by atoms with Crippen LogP contribution in [0.5, 0.6) is 0 Å². The van der Waals surface area contributed by atoms with E-state index in [2.05, 4.69) is 38.1 Å². The lowest BCUT2D eigenvalue weighted by Gasteiger charge is -2.12. The van der Waals surface area contributed by atoms with Crippen molar-refractivity contribution in [2.24, 2.45) is 0 Å². The molecule has 1 N–H and O–H groups in total. The second-order valence-corrected chi connectivity index (χ2v) is 5.67. The molecule has 1 nitrogen and oxygen atoms in total. The van der Waals surface area contributed by atoms with Gasteiger partial charge in [0.25, 0.3) is 0 Å². The summed E-state index contributed by atoms with van der Waals surface area (Å²) in [5.74, 6) is 0. The molecule has 2 heteroatoms. The van der Waals surface area contributed by atoms with Crippen molar-refractivity contribution in [1.29, 1.82) is 0 Å². The van der Waals surface area contributed by atoms with Crippen LogP contribution in [0.3, 0.4) is 0 Å². The number of aliphatic hydroxyl groups excluding tert-OH is 1. The molecule has 2 rings (SSSR count). The van der Waals surface area contributed by atoms with Crippen LogP contribution in [0, 0.1) is 13.8 Å². The monoisotopic (exact) mass is 258 g/mol. The first-order chi connectivity index (χ1) is 8.58. The van der Waals surface area contributed by atoms with Crippen LogP contribution < -0.4 is 0 Å². The molecule has 0 fully saturated rings. The highest BCUT2D eigenvalue weighted by Gasteiger charge is 2.09. The zero-order valence-corrected chi connectivity index (χ0v) is 11.8. The molecule has 2 aromatic rings. The van der Waals surface area contributed by atoms with Crippen LogP contribution in [-0.2, 0) is 0 Å². The number of aliphatic hydroxyl groups is 1. The van der Waals surface area contributed by atoms with E-state index >= 15 is 0 Å². The molecule has 1 unspecified atom stereocenters. The summed E-state index contributed by atoms with van der Waals surface area (Å²) in [6.07, 6.45) is -0.431. The second kappa shape index (κ2) is 5.59. The van der Waals surface area contributed by atoms with Gasteiger partial charge in [-0.1, -0.05) is 47.7 Å². The molecular weight excluding hydrogens is 240 g/mol. The average molecular weight is 258 g/mol. The fourth-order valence-electron chi connectivity index (χ4n) is 1.95. The SMILES string of the molecule is Cc1ccc(Sc2ccccc2C(C)O)c(C)c1. The van der Waals surface area contributed by atoms with Gasteiger partial charge >= 0.3 is 0 Å². The third-order valence-corrected chi connectivity index (χ3v) is 4.19. The Bertz CT molecular complexity index is 547. The number of rotatable bonds is 3. The summed E-state index contributed by atoms with van der Waals surface area (Å²) in [5, 5.41) is 9.78.